The number of hydrogen-bond donors (Lipinski definition) is 1. The maximum absolute atomic E-state index is 11.2. The molecule has 0 aliphatic rings. The summed E-state index contributed by atoms with van der Waals surface area (Å²) in [7, 11) is 0. The van der Waals surface area contributed by atoms with E-state index in [1.807, 2.05) is 72.9 Å². The molecule has 0 amide bonds. The Morgan fingerprint density at radius 3 is 1.90 bits per heavy atom. The van der Waals surface area contributed by atoms with E-state index in [-0.39, 0.29) is 5.75 Å². The average molecular weight is 657 g/mol. The van der Waals surface area contributed by atoms with E-state index in [0.717, 1.165) is 72.6 Å². The number of phenolic OH excluding ortho intramolecular Hbond substituents is 1. The fourth-order valence-corrected chi connectivity index (χ4v) is 6.97. The van der Waals surface area contributed by atoms with Crippen LogP contribution in [0.1, 0.15) is 0 Å². The monoisotopic (exact) mass is 656 g/mol. The number of aromatic hydroxyl groups is 1. The van der Waals surface area contributed by atoms with E-state index in [1.54, 1.807) is 6.07 Å². The SMILES string of the molecule is Oc1ccccc1-n1c2ccc(-c3ccccc3)cc2c2cc(-c3ccccc3)c(-c3cccc(N(c4ccccc4)c4ccccn4)c3)nc21. The van der Waals surface area contributed by atoms with Crippen LogP contribution in [0.15, 0.2) is 188 Å². The van der Waals surface area contributed by atoms with Crippen LogP contribution in [0.4, 0.5) is 17.2 Å². The minimum atomic E-state index is 0.190. The minimum Gasteiger partial charge on any atom is -0.506 e. The van der Waals surface area contributed by atoms with Gasteiger partial charge in [-0.1, -0.05) is 115 Å². The van der Waals surface area contributed by atoms with Gasteiger partial charge in [-0.2, -0.15) is 0 Å². The first kappa shape index (κ1) is 30.1. The van der Waals surface area contributed by atoms with E-state index >= 15 is 0 Å². The fourth-order valence-electron chi connectivity index (χ4n) is 6.97. The predicted octanol–water partition coefficient (Wildman–Crippen LogP) is 11.8. The molecule has 0 radical (unpaired) electrons. The van der Waals surface area contributed by atoms with Crippen molar-refractivity contribution in [3.63, 3.8) is 0 Å². The molecule has 0 atom stereocenters. The highest BCUT2D eigenvalue weighted by molar-refractivity contribution is 6.11. The summed E-state index contributed by atoms with van der Waals surface area (Å²) in [5, 5.41) is 13.3. The molecule has 3 aromatic heterocycles. The number of fused-ring (bicyclic) bond motifs is 3. The quantitative estimate of drug-likeness (QED) is 0.185. The second-order valence-electron chi connectivity index (χ2n) is 12.5. The standard InChI is InChI=1S/C46H32N4O/c51-43-24-11-10-23-42(43)50-41-27-26-34(32-15-4-1-5-16-32)30-39(41)40-31-38(33-17-6-2-7-18-33)45(48-46(40)50)35-19-14-22-37(29-35)49(36-20-8-3-9-21-36)44-25-12-13-28-47-44/h1-31,51H. The van der Waals surface area contributed by atoms with Gasteiger partial charge in [0.25, 0.3) is 0 Å². The third-order valence-corrected chi connectivity index (χ3v) is 9.33. The molecule has 1 N–H and O–H groups in total. The topological polar surface area (TPSA) is 54.2 Å². The van der Waals surface area contributed by atoms with Crippen LogP contribution in [0, 0.1) is 0 Å². The Labute approximate surface area is 296 Å². The molecule has 0 bridgehead atoms. The van der Waals surface area contributed by atoms with Crippen molar-refractivity contribution in [3.8, 4) is 44.9 Å². The van der Waals surface area contributed by atoms with Crippen molar-refractivity contribution < 1.29 is 5.11 Å². The summed E-state index contributed by atoms with van der Waals surface area (Å²) < 4.78 is 2.08. The van der Waals surface area contributed by atoms with Crippen molar-refractivity contribution in [2.45, 2.75) is 0 Å². The smallest absolute Gasteiger partial charge is 0.146 e. The summed E-state index contributed by atoms with van der Waals surface area (Å²) in [4.78, 5) is 12.4. The number of phenols is 1. The Kier molecular flexibility index (Phi) is 7.56. The van der Waals surface area contributed by atoms with Crippen LogP contribution in [0.5, 0.6) is 5.75 Å². The highest BCUT2D eigenvalue weighted by Gasteiger charge is 2.22. The normalized spacial score (nSPS) is 11.2. The molecule has 5 heteroatoms. The van der Waals surface area contributed by atoms with Gasteiger partial charge in [0.2, 0.25) is 0 Å². The molecule has 0 unspecified atom stereocenters. The second-order valence-corrected chi connectivity index (χ2v) is 12.5. The molecular weight excluding hydrogens is 625 g/mol. The lowest BCUT2D eigenvalue weighted by Gasteiger charge is -2.24. The first-order valence-corrected chi connectivity index (χ1v) is 17.0. The largest absolute Gasteiger partial charge is 0.506 e. The molecule has 9 aromatic rings. The Morgan fingerprint density at radius 1 is 0.490 bits per heavy atom. The molecule has 3 heterocycles. The number of para-hydroxylation sites is 3. The summed E-state index contributed by atoms with van der Waals surface area (Å²) in [5.74, 6) is 1.01. The maximum Gasteiger partial charge on any atom is 0.146 e. The molecule has 51 heavy (non-hydrogen) atoms. The molecule has 242 valence electrons. The summed E-state index contributed by atoms with van der Waals surface area (Å²) >= 11 is 0. The van der Waals surface area contributed by atoms with Crippen molar-refractivity contribution >= 4 is 39.1 Å². The molecular formula is C46H32N4O. The summed E-state index contributed by atoms with van der Waals surface area (Å²) in [6.07, 6.45) is 1.82. The van der Waals surface area contributed by atoms with Crippen LogP contribution in [0.2, 0.25) is 0 Å². The average Bonchev–Trinajstić information content (AvgIpc) is 3.52. The van der Waals surface area contributed by atoms with E-state index < -0.39 is 0 Å². The van der Waals surface area contributed by atoms with Crippen LogP contribution in [0.25, 0.3) is 61.1 Å². The van der Waals surface area contributed by atoms with Gasteiger partial charge in [-0.3, -0.25) is 9.47 Å². The first-order valence-electron chi connectivity index (χ1n) is 17.0. The van der Waals surface area contributed by atoms with Crippen LogP contribution in [-0.2, 0) is 0 Å². The zero-order chi connectivity index (χ0) is 34.1. The van der Waals surface area contributed by atoms with E-state index in [4.69, 9.17) is 9.97 Å². The van der Waals surface area contributed by atoms with Gasteiger partial charge >= 0.3 is 0 Å². The first-order chi connectivity index (χ1) is 25.2. The zero-order valence-electron chi connectivity index (χ0n) is 27.6. The van der Waals surface area contributed by atoms with E-state index in [2.05, 4.69) is 119 Å². The van der Waals surface area contributed by atoms with Crippen molar-refractivity contribution in [2.75, 3.05) is 4.90 Å². The molecule has 6 aromatic carbocycles. The lowest BCUT2D eigenvalue weighted by molar-refractivity contribution is 0.473. The van der Waals surface area contributed by atoms with Gasteiger partial charge in [0.1, 0.15) is 17.2 Å². The third kappa shape index (κ3) is 5.47. The number of benzene rings is 6. The summed E-state index contributed by atoms with van der Waals surface area (Å²) in [6.45, 7) is 0. The minimum absolute atomic E-state index is 0.190. The van der Waals surface area contributed by atoms with Crippen LogP contribution >= 0.6 is 0 Å². The van der Waals surface area contributed by atoms with Gasteiger partial charge in [-0.25, -0.2) is 9.97 Å². The maximum atomic E-state index is 11.2. The number of aromatic nitrogens is 3. The highest BCUT2D eigenvalue weighted by Crippen LogP contribution is 2.42. The molecule has 0 aliphatic carbocycles. The fraction of sp³-hybridized carbons (Fsp3) is 0. The number of anilines is 3. The Morgan fingerprint density at radius 2 is 1.16 bits per heavy atom. The highest BCUT2D eigenvalue weighted by atomic mass is 16.3. The van der Waals surface area contributed by atoms with Crippen LogP contribution in [-0.4, -0.2) is 19.6 Å². The Bertz CT molecular complexity index is 2600. The van der Waals surface area contributed by atoms with E-state index in [0.29, 0.717) is 5.69 Å². The predicted molar refractivity (Wildman–Crippen MR) is 209 cm³/mol. The summed E-state index contributed by atoms with van der Waals surface area (Å²) in [5.41, 5.74) is 10.5. The van der Waals surface area contributed by atoms with Gasteiger partial charge in [0.05, 0.1) is 16.9 Å². The zero-order valence-corrected chi connectivity index (χ0v) is 27.6. The van der Waals surface area contributed by atoms with Crippen molar-refractivity contribution in [1.82, 2.24) is 14.5 Å². The van der Waals surface area contributed by atoms with Gasteiger partial charge < -0.3 is 5.11 Å². The Hall–Kier alpha value is -6.98. The van der Waals surface area contributed by atoms with Crippen LogP contribution in [0.3, 0.4) is 0 Å². The molecule has 5 nitrogen and oxygen atoms in total. The second kappa shape index (κ2) is 12.8. The van der Waals surface area contributed by atoms with Gasteiger partial charge in [0, 0.05) is 39.5 Å². The number of rotatable bonds is 7. The number of nitrogens with zero attached hydrogens (tertiary/aromatic N) is 4. The van der Waals surface area contributed by atoms with Crippen molar-refractivity contribution in [1.29, 1.82) is 0 Å². The number of hydrogen-bond acceptors (Lipinski definition) is 4. The summed E-state index contributed by atoms with van der Waals surface area (Å²) in [6, 6.07) is 61.8. The lowest BCUT2D eigenvalue weighted by Crippen LogP contribution is -2.11. The molecule has 0 spiro atoms. The van der Waals surface area contributed by atoms with E-state index in [9.17, 15) is 5.11 Å². The Balaban J connectivity index is 1.33. The van der Waals surface area contributed by atoms with Gasteiger partial charge in [-0.15, -0.1) is 0 Å². The molecule has 0 aliphatic heterocycles. The van der Waals surface area contributed by atoms with Gasteiger partial charge in [-0.05, 0) is 83.4 Å². The number of pyridine rings is 2. The van der Waals surface area contributed by atoms with Crippen molar-refractivity contribution in [3.05, 3.63) is 188 Å². The lowest BCUT2D eigenvalue weighted by atomic mass is 9.97. The molecule has 0 saturated carbocycles. The van der Waals surface area contributed by atoms with E-state index in [1.165, 1.54) is 0 Å². The molecule has 0 saturated heterocycles. The van der Waals surface area contributed by atoms with Gasteiger partial charge in [0.15, 0.2) is 0 Å². The van der Waals surface area contributed by atoms with Crippen molar-refractivity contribution in [2.24, 2.45) is 0 Å². The van der Waals surface area contributed by atoms with Crippen LogP contribution < -0.4 is 4.90 Å². The molecule has 0 fully saturated rings. The third-order valence-electron chi connectivity index (χ3n) is 9.33. The molecule has 9 rings (SSSR count).